The molecule has 104 valence electrons. The summed E-state index contributed by atoms with van der Waals surface area (Å²) in [4.78, 5) is 11.7. The van der Waals surface area contributed by atoms with Crippen LogP contribution in [0.4, 0.5) is 5.69 Å². The first-order valence-corrected chi connectivity index (χ1v) is 7.96. The number of anilines is 1. The molecule has 1 heterocycles. The van der Waals surface area contributed by atoms with Crippen molar-refractivity contribution in [3.05, 3.63) is 29.8 Å². The highest BCUT2D eigenvalue weighted by Crippen LogP contribution is 2.21. The van der Waals surface area contributed by atoms with Crippen molar-refractivity contribution in [2.45, 2.75) is 38.8 Å². The number of esters is 1. The van der Waals surface area contributed by atoms with Crippen LogP contribution in [0.25, 0.3) is 0 Å². The number of benzene rings is 1. The molecule has 1 aromatic rings. The zero-order valence-electron chi connectivity index (χ0n) is 11.5. The molecule has 1 atom stereocenters. The van der Waals surface area contributed by atoms with Gasteiger partial charge in [0.2, 0.25) is 0 Å². The molecule has 1 saturated heterocycles. The van der Waals surface area contributed by atoms with Gasteiger partial charge in [-0.1, -0.05) is 0 Å². The van der Waals surface area contributed by atoms with Gasteiger partial charge in [0.15, 0.2) is 0 Å². The van der Waals surface area contributed by atoms with Crippen molar-refractivity contribution in [1.29, 1.82) is 0 Å². The Morgan fingerprint density at radius 3 is 2.68 bits per heavy atom. The summed E-state index contributed by atoms with van der Waals surface area (Å²) in [5, 5.41) is 3.51. The van der Waals surface area contributed by atoms with Crippen LogP contribution in [-0.2, 0) is 4.74 Å². The third-order valence-electron chi connectivity index (χ3n) is 2.99. The molecule has 1 unspecified atom stereocenters. The Kier molecular flexibility index (Phi) is 5.14. The lowest BCUT2D eigenvalue weighted by molar-refractivity contribution is 0.0378. The maximum atomic E-state index is 11.7. The molecule has 1 aromatic carbocycles. The van der Waals surface area contributed by atoms with Gasteiger partial charge in [-0.3, -0.25) is 0 Å². The number of hydrogen-bond acceptors (Lipinski definition) is 4. The summed E-state index contributed by atoms with van der Waals surface area (Å²) in [7, 11) is 0. The fourth-order valence-corrected chi connectivity index (χ4v) is 3.15. The van der Waals surface area contributed by atoms with Crippen LogP contribution in [0.2, 0.25) is 0 Å². The SMILES string of the molecule is CC(C)OC(=O)c1ccc(NC2CCCSC2)cc1. The van der Waals surface area contributed by atoms with Crippen molar-refractivity contribution >= 4 is 23.4 Å². The highest BCUT2D eigenvalue weighted by molar-refractivity contribution is 7.99. The summed E-state index contributed by atoms with van der Waals surface area (Å²) in [6.45, 7) is 3.71. The lowest BCUT2D eigenvalue weighted by Gasteiger charge is -2.23. The Morgan fingerprint density at radius 1 is 1.37 bits per heavy atom. The van der Waals surface area contributed by atoms with E-state index in [9.17, 15) is 4.79 Å². The molecule has 1 aliphatic rings. The Balaban J connectivity index is 1.92. The Labute approximate surface area is 119 Å². The number of thioether (sulfide) groups is 1. The van der Waals surface area contributed by atoms with Crippen molar-refractivity contribution in [2.75, 3.05) is 16.8 Å². The normalized spacial score (nSPS) is 19.2. The van der Waals surface area contributed by atoms with Crippen LogP contribution in [0.5, 0.6) is 0 Å². The van der Waals surface area contributed by atoms with Crippen molar-refractivity contribution in [3.63, 3.8) is 0 Å². The minimum atomic E-state index is -0.255. The summed E-state index contributed by atoms with van der Waals surface area (Å²) in [5.74, 6) is 2.18. The van der Waals surface area contributed by atoms with Crippen LogP contribution in [0.1, 0.15) is 37.0 Å². The molecular formula is C15H21NO2S. The molecule has 1 N–H and O–H groups in total. The predicted octanol–water partition coefficient (Wildman–Crippen LogP) is 3.56. The van der Waals surface area contributed by atoms with Gasteiger partial charge in [0.25, 0.3) is 0 Å². The first kappa shape index (κ1) is 14.3. The Bertz CT molecular complexity index is 411. The van der Waals surface area contributed by atoms with E-state index in [0.29, 0.717) is 11.6 Å². The first-order valence-electron chi connectivity index (χ1n) is 6.80. The average molecular weight is 279 g/mol. The van der Waals surface area contributed by atoms with Crippen molar-refractivity contribution < 1.29 is 9.53 Å². The molecule has 0 radical (unpaired) electrons. The van der Waals surface area contributed by atoms with E-state index >= 15 is 0 Å². The second-order valence-electron chi connectivity index (χ2n) is 5.09. The maximum absolute atomic E-state index is 11.7. The molecular weight excluding hydrogens is 258 g/mol. The summed E-state index contributed by atoms with van der Waals surface area (Å²) in [6.07, 6.45) is 2.43. The standard InChI is InChI=1S/C15H21NO2S/c1-11(2)18-15(17)12-5-7-13(8-6-12)16-14-4-3-9-19-10-14/h5-8,11,14,16H,3-4,9-10H2,1-2H3. The lowest BCUT2D eigenvalue weighted by atomic mass is 10.1. The van der Waals surface area contributed by atoms with Crippen LogP contribution in [0.3, 0.4) is 0 Å². The van der Waals surface area contributed by atoms with Crippen LogP contribution in [-0.4, -0.2) is 29.6 Å². The zero-order chi connectivity index (χ0) is 13.7. The van der Waals surface area contributed by atoms with Gasteiger partial charge in [0.05, 0.1) is 11.7 Å². The highest BCUT2D eigenvalue weighted by Gasteiger charge is 2.14. The third-order valence-corrected chi connectivity index (χ3v) is 4.21. The molecule has 19 heavy (non-hydrogen) atoms. The van der Waals surface area contributed by atoms with E-state index in [2.05, 4.69) is 5.32 Å². The fourth-order valence-electron chi connectivity index (χ4n) is 2.07. The second-order valence-corrected chi connectivity index (χ2v) is 6.24. The molecule has 0 aliphatic carbocycles. The molecule has 2 rings (SSSR count). The summed E-state index contributed by atoms with van der Waals surface area (Å²) >= 11 is 2.00. The van der Waals surface area contributed by atoms with Gasteiger partial charge in [-0.25, -0.2) is 4.79 Å². The molecule has 0 amide bonds. The minimum Gasteiger partial charge on any atom is -0.459 e. The minimum absolute atomic E-state index is 0.0791. The number of carbonyl (C=O) groups is 1. The average Bonchev–Trinajstić information content (AvgIpc) is 2.40. The number of nitrogens with one attached hydrogen (secondary N) is 1. The summed E-state index contributed by atoms with van der Waals surface area (Å²) in [6, 6.07) is 8.10. The van der Waals surface area contributed by atoms with Gasteiger partial charge >= 0.3 is 5.97 Å². The first-order chi connectivity index (χ1) is 9.15. The van der Waals surface area contributed by atoms with Gasteiger partial charge in [0, 0.05) is 17.5 Å². The molecule has 0 bridgehead atoms. The topological polar surface area (TPSA) is 38.3 Å². The zero-order valence-corrected chi connectivity index (χ0v) is 12.3. The van der Waals surface area contributed by atoms with E-state index in [-0.39, 0.29) is 12.1 Å². The monoisotopic (exact) mass is 279 g/mol. The number of rotatable bonds is 4. The maximum Gasteiger partial charge on any atom is 0.338 e. The number of ether oxygens (including phenoxy) is 1. The van der Waals surface area contributed by atoms with E-state index in [1.54, 1.807) is 0 Å². The van der Waals surface area contributed by atoms with Gasteiger partial charge in [-0.05, 0) is 56.7 Å². The molecule has 1 fully saturated rings. The van der Waals surface area contributed by atoms with E-state index in [1.807, 2.05) is 49.9 Å². The van der Waals surface area contributed by atoms with Gasteiger partial charge in [-0.15, -0.1) is 0 Å². The van der Waals surface area contributed by atoms with Crippen LogP contribution >= 0.6 is 11.8 Å². The smallest absolute Gasteiger partial charge is 0.338 e. The second kappa shape index (κ2) is 6.85. The molecule has 0 saturated carbocycles. The molecule has 4 heteroatoms. The van der Waals surface area contributed by atoms with E-state index < -0.39 is 0 Å². The van der Waals surface area contributed by atoms with E-state index in [0.717, 1.165) is 11.4 Å². The van der Waals surface area contributed by atoms with Crippen molar-refractivity contribution in [2.24, 2.45) is 0 Å². The Hall–Kier alpha value is -1.16. The quantitative estimate of drug-likeness (QED) is 0.855. The van der Waals surface area contributed by atoms with Crippen LogP contribution in [0.15, 0.2) is 24.3 Å². The number of hydrogen-bond donors (Lipinski definition) is 1. The highest BCUT2D eigenvalue weighted by atomic mass is 32.2. The summed E-state index contributed by atoms with van der Waals surface area (Å²) in [5.41, 5.74) is 1.69. The Morgan fingerprint density at radius 2 is 2.11 bits per heavy atom. The third kappa shape index (κ3) is 4.46. The van der Waals surface area contributed by atoms with E-state index in [1.165, 1.54) is 18.6 Å². The van der Waals surface area contributed by atoms with Gasteiger partial charge in [0.1, 0.15) is 0 Å². The number of carbonyl (C=O) groups excluding carboxylic acids is 1. The van der Waals surface area contributed by atoms with Crippen LogP contribution in [0, 0.1) is 0 Å². The fraction of sp³-hybridized carbons (Fsp3) is 0.533. The molecule has 1 aliphatic heterocycles. The van der Waals surface area contributed by atoms with Crippen molar-refractivity contribution in [1.82, 2.24) is 0 Å². The molecule has 0 spiro atoms. The van der Waals surface area contributed by atoms with Crippen LogP contribution < -0.4 is 5.32 Å². The van der Waals surface area contributed by atoms with E-state index in [4.69, 9.17) is 4.74 Å². The van der Waals surface area contributed by atoms with Gasteiger partial charge in [-0.2, -0.15) is 11.8 Å². The summed E-state index contributed by atoms with van der Waals surface area (Å²) < 4.78 is 5.16. The van der Waals surface area contributed by atoms with Gasteiger partial charge < -0.3 is 10.1 Å². The predicted molar refractivity (Wildman–Crippen MR) is 81.0 cm³/mol. The molecule has 0 aromatic heterocycles. The largest absolute Gasteiger partial charge is 0.459 e. The molecule has 3 nitrogen and oxygen atoms in total. The lowest BCUT2D eigenvalue weighted by Crippen LogP contribution is -2.25. The van der Waals surface area contributed by atoms with Crippen molar-refractivity contribution in [3.8, 4) is 0 Å².